The van der Waals surface area contributed by atoms with Crippen LogP contribution in [0.4, 0.5) is 8.78 Å². The van der Waals surface area contributed by atoms with Crippen molar-refractivity contribution in [1.29, 1.82) is 0 Å². The average molecular weight is 363 g/mol. The summed E-state index contributed by atoms with van der Waals surface area (Å²) in [6.07, 6.45) is 5.14. The van der Waals surface area contributed by atoms with Gasteiger partial charge in [-0.1, -0.05) is 30.3 Å². The number of rotatable bonds is 7. The normalized spacial score (nSPS) is 11.9. The Kier molecular flexibility index (Phi) is 6.19. The minimum atomic E-state index is -3.84. The molecule has 0 radical (unpaired) electrons. The Bertz CT molecular complexity index is 887. The van der Waals surface area contributed by atoms with Crippen LogP contribution in [0.3, 0.4) is 0 Å². The van der Waals surface area contributed by atoms with E-state index in [1.807, 2.05) is 0 Å². The van der Waals surface area contributed by atoms with Crippen LogP contribution in [-0.2, 0) is 14.8 Å². The molecule has 1 N–H and O–H groups in total. The molecule has 0 unspecified atom stereocenters. The summed E-state index contributed by atoms with van der Waals surface area (Å²) in [5.41, 5.74) is 1.18. The smallest absolute Gasteiger partial charge is 0.239 e. The second-order valence-corrected chi connectivity index (χ2v) is 6.87. The SMILES string of the molecule is O=C(C=Cc1ccc(F)cc1)CS(=O)(=O)NC=Cc1ccc(F)cc1. The van der Waals surface area contributed by atoms with E-state index in [0.717, 1.165) is 6.08 Å². The number of halogens is 2. The summed E-state index contributed by atoms with van der Waals surface area (Å²) in [7, 11) is -3.84. The molecular weight excluding hydrogens is 348 g/mol. The van der Waals surface area contributed by atoms with Gasteiger partial charge < -0.3 is 0 Å². The van der Waals surface area contributed by atoms with E-state index >= 15 is 0 Å². The molecule has 0 fully saturated rings. The maximum Gasteiger partial charge on any atom is 0.239 e. The fourth-order valence-corrected chi connectivity index (χ4v) is 2.68. The van der Waals surface area contributed by atoms with Gasteiger partial charge in [-0.15, -0.1) is 0 Å². The van der Waals surface area contributed by atoms with E-state index in [-0.39, 0.29) is 0 Å². The lowest BCUT2D eigenvalue weighted by Gasteiger charge is -2.01. The zero-order valence-electron chi connectivity index (χ0n) is 13.0. The van der Waals surface area contributed by atoms with E-state index in [1.165, 1.54) is 66.9 Å². The largest absolute Gasteiger partial charge is 0.294 e. The Morgan fingerprint density at radius 2 is 1.36 bits per heavy atom. The fraction of sp³-hybridized carbons (Fsp3) is 0.0556. The molecule has 0 saturated carbocycles. The first-order chi connectivity index (χ1) is 11.8. The predicted molar refractivity (Wildman–Crippen MR) is 92.8 cm³/mol. The minimum Gasteiger partial charge on any atom is -0.294 e. The number of ketones is 1. The molecule has 2 aromatic rings. The van der Waals surface area contributed by atoms with Crippen molar-refractivity contribution in [3.8, 4) is 0 Å². The zero-order valence-corrected chi connectivity index (χ0v) is 13.8. The van der Waals surface area contributed by atoms with Crippen molar-refractivity contribution in [3.05, 3.63) is 83.6 Å². The second kappa shape index (κ2) is 8.34. The number of benzene rings is 2. The van der Waals surface area contributed by atoms with Crippen molar-refractivity contribution in [3.63, 3.8) is 0 Å². The first kappa shape index (κ1) is 18.5. The molecule has 0 aliphatic heterocycles. The summed E-state index contributed by atoms with van der Waals surface area (Å²) in [6.45, 7) is 0. The van der Waals surface area contributed by atoms with Crippen molar-refractivity contribution in [2.75, 3.05) is 5.75 Å². The molecule has 7 heteroatoms. The topological polar surface area (TPSA) is 63.2 Å². The molecule has 0 heterocycles. The monoisotopic (exact) mass is 363 g/mol. The fourth-order valence-electron chi connectivity index (χ4n) is 1.85. The zero-order chi connectivity index (χ0) is 18.3. The Hall–Kier alpha value is -2.80. The van der Waals surface area contributed by atoms with Crippen LogP contribution in [0.1, 0.15) is 11.1 Å². The van der Waals surface area contributed by atoms with Gasteiger partial charge in [-0.2, -0.15) is 0 Å². The van der Waals surface area contributed by atoms with Crippen molar-refractivity contribution in [2.24, 2.45) is 0 Å². The van der Waals surface area contributed by atoms with Crippen LogP contribution in [0, 0.1) is 11.6 Å². The summed E-state index contributed by atoms with van der Waals surface area (Å²) in [6, 6.07) is 10.9. The van der Waals surface area contributed by atoms with Crippen LogP contribution >= 0.6 is 0 Å². The van der Waals surface area contributed by atoms with Gasteiger partial charge in [0.2, 0.25) is 10.0 Å². The van der Waals surface area contributed by atoms with Crippen molar-refractivity contribution in [1.82, 2.24) is 4.72 Å². The van der Waals surface area contributed by atoms with Gasteiger partial charge in [0, 0.05) is 6.20 Å². The highest BCUT2D eigenvalue weighted by atomic mass is 32.2. The second-order valence-electron chi connectivity index (χ2n) is 5.11. The van der Waals surface area contributed by atoms with Gasteiger partial charge in [0.1, 0.15) is 17.4 Å². The summed E-state index contributed by atoms with van der Waals surface area (Å²) in [4.78, 5) is 11.7. The van der Waals surface area contributed by atoms with E-state index in [9.17, 15) is 22.0 Å². The Morgan fingerprint density at radius 3 is 1.88 bits per heavy atom. The quantitative estimate of drug-likeness (QED) is 0.769. The van der Waals surface area contributed by atoms with E-state index in [0.29, 0.717) is 11.1 Å². The van der Waals surface area contributed by atoms with Gasteiger partial charge in [0.05, 0.1) is 0 Å². The Labute approximate surface area is 144 Å². The summed E-state index contributed by atoms with van der Waals surface area (Å²) in [5.74, 6) is -2.13. The highest BCUT2D eigenvalue weighted by Gasteiger charge is 2.12. The average Bonchev–Trinajstić information content (AvgIpc) is 2.55. The molecule has 25 heavy (non-hydrogen) atoms. The first-order valence-electron chi connectivity index (χ1n) is 7.23. The molecule has 4 nitrogen and oxygen atoms in total. The molecule has 0 bridgehead atoms. The van der Waals surface area contributed by atoms with Gasteiger partial charge in [-0.25, -0.2) is 17.2 Å². The third-order valence-electron chi connectivity index (χ3n) is 3.06. The lowest BCUT2D eigenvalue weighted by molar-refractivity contribution is -0.112. The molecule has 0 saturated heterocycles. The standard InChI is InChI=1S/C18H15F2NO3S/c19-16-6-1-14(2-7-16)5-10-18(22)13-25(23,24)21-12-11-15-3-8-17(20)9-4-15/h1-12,21H,13H2. The van der Waals surface area contributed by atoms with Crippen molar-refractivity contribution >= 4 is 28.0 Å². The maximum atomic E-state index is 12.8. The number of sulfonamides is 1. The van der Waals surface area contributed by atoms with E-state index < -0.39 is 33.2 Å². The van der Waals surface area contributed by atoms with Crippen LogP contribution in [0.5, 0.6) is 0 Å². The lowest BCUT2D eigenvalue weighted by atomic mass is 10.2. The number of hydrogen-bond donors (Lipinski definition) is 1. The molecule has 2 rings (SSSR count). The summed E-state index contributed by atoms with van der Waals surface area (Å²) >= 11 is 0. The Morgan fingerprint density at radius 1 is 0.880 bits per heavy atom. The van der Waals surface area contributed by atoms with Crippen LogP contribution in [-0.4, -0.2) is 20.0 Å². The highest BCUT2D eigenvalue weighted by molar-refractivity contribution is 7.90. The van der Waals surface area contributed by atoms with Gasteiger partial charge in [-0.3, -0.25) is 9.52 Å². The molecule has 0 atom stereocenters. The molecule has 130 valence electrons. The van der Waals surface area contributed by atoms with Crippen LogP contribution in [0.15, 0.2) is 60.8 Å². The molecule has 0 aromatic heterocycles. The number of carbonyl (C=O) groups excluding carboxylic acids is 1. The van der Waals surface area contributed by atoms with Gasteiger partial charge in [-0.05, 0) is 47.5 Å². The summed E-state index contributed by atoms with van der Waals surface area (Å²) in [5, 5.41) is 0. The number of allylic oxidation sites excluding steroid dienone is 1. The first-order valence-corrected chi connectivity index (χ1v) is 8.88. The third kappa shape index (κ3) is 6.68. The predicted octanol–water partition coefficient (Wildman–Crippen LogP) is 3.14. The number of hydrogen-bond acceptors (Lipinski definition) is 3. The van der Waals surface area contributed by atoms with Gasteiger partial charge in [0.25, 0.3) is 0 Å². The van der Waals surface area contributed by atoms with Gasteiger partial charge in [0.15, 0.2) is 5.78 Å². The van der Waals surface area contributed by atoms with E-state index in [2.05, 4.69) is 4.72 Å². The van der Waals surface area contributed by atoms with Crippen LogP contribution < -0.4 is 4.72 Å². The third-order valence-corrected chi connectivity index (χ3v) is 4.22. The number of nitrogens with one attached hydrogen (secondary N) is 1. The molecule has 2 aromatic carbocycles. The van der Waals surface area contributed by atoms with Crippen LogP contribution in [0.2, 0.25) is 0 Å². The lowest BCUT2D eigenvalue weighted by Crippen LogP contribution is -2.25. The maximum absolute atomic E-state index is 12.8. The molecule has 0 spiro atoms. The Balaban J connectivity index is 1.90. The van der Waals surface area contributed by atoms with Crippen molar-refractivity contribution < 1.29 is 22.0 Å². The molecule has 0 amide bonds. The highest BCUT2D eigenvalue weighted by Crippen LogP contribution is 2.06. The molecular formula is C18H15F2NO3S. The van der Waals surface area contributed by atoms with Crippen LogP contribution in [0.25, 0.3) is 12.2 Å². The van der Waals surface area contributed by atoms with E-state index in [1.54, 1.807) is 0 Å². The number of carbonyl (C=O) groups is 1. The van der Waals surface area contributed by atoms with Gasteiger partial charge >= 0.3 is 0 Å². The molecule has 0 aliphatic rings. The van der Waals surface area contributed by atoms with Crippen molar-refractivity contribution in [2.45, 2.75) is 0 Å². The van der Waals surface area contributed by atoms with E-state index in [4.69, 9.17) is 0 Å². The summed E-state index contributed by atoms with van der Waals surface area (Å²) < 4.78 is 51.3. The minimum absolute atomic E-state index is 0.392. The molecule has 0 aliphatic carbocycles.